The number of non-ortho nitro benzene ring substituents is 1. The molecule has 2 rings (SSSR count). The molecule has 124 valence electrons. The maximum absolute atomic E-state index is 12.3. The maximum Gasteiger partial charge on any atom is 0.273 e. The van der Waals surface area contributed by atoms with E-state index >= 15 is 0 Å². The monoisotopic (exact) mass is 328 g/mol. The number of nitrogens with one attached hydrogen (secondary N) is 1. The lowest BCUT2D eigenvalue weighted by Gasteiger charge is -2.10. The Labute approximate surface area is 138 Å². The van der Waals surface area contributed by atoms with Crippen molar-refractivity contribution in [2.45, 2.75) is 0 Å². The van der Waals surface area contributed by atoms with Gasteiger partial charge in [-0.05, 0) is 30.3 Å². The van der Waals surface area contributed by atoms with Gasteiger partial charge in [-0.15, -0.1) is 0 Å². The average molecular weight is 328 g/mol. The molecular formula is C17H16N2O5. The lowest BCUT2D eigenvalue weighted by Crippen LogP contribution is -2.12. The van der Waals surface area contributed by atoms with Gasteiger partial charge in [0.15, 0.2) is 0 Å². The van der Waals surface area contributed by atoms with Crippen molar-refractivity contribution < 1.29 is 19.2 Å². The van der Waals surface area contributed by atoms with Crippen LogP contribution in [0, 0.1) is 10.1 Å². The fourth-order valence-corrected chi connectivity index (χ4v) is 1.95. The molecule has 0 unspecified atom stereocenters. The van der Waals surface area contributed by atoms with Crippen molar-refractivity contribution >= 4 is 17.3 Å². The number of methoxy groups -OCH3 is 1. The van der Waals surface area contributed by atoms with Crippen LogP contribution in [0.1, 0.15) is 10.4 Å². The Balaban J connectivity index is 2.14. The SMILES string of the molecule is C=CCOc1ccc(C(=O)Nc2ccc([N+](=O)[O-])cc2OC)cc1. The summed E-state index contributed by atoms with van der Waals surface area (Å²) in [6.07, 6.45) is 1.63. The van der Waals surface area contributed by atoms with Gasteiger partial charge in [0.2, 0.25) is 0 Å². The number of benzene rings is 2. The van der Waals surface area contributed by atoms with Crippen LogP contribution >= 0.6 is 0 Å². The van der Waals surface area contributed by atoms with E-state index in [2.05, 4.69) is 11.9 Å². The second-order valence-electron chi connectivity index (χ2n) is 4.72. The summed E-state index contributed by atoms with van der Waals surface area (Å²) in [5, 5.41) is 13.4. The molecule has 2 aromatic rings. The van der Waals surface area contributed by atoms with Crippen LogP contribution in [0.25, 0.3) is 0 Å². The number of nitrogens with zero attached hydrogens (tertiary/aromatic N) is 1. The molecule has 2 aromatic carbocycles. The van der Waals surface area contributed by atoms with E-state index < -0.39 is 4.92 Å². The van der Waals surface area contributed by atoms with E-state index in [-0.39, 0.29) is 17.3 Å². The minimum atomic E-state index is -0.532. The molecule has 24 heavy (non-hydrogen) atoms. The van der Waals surface area contributed by atoms with Crippen LogP contribution in [0.2, 0.25) is 0 Å². The molecule has 7 nitrogen and oxygen atoms in total. The first-order valence-corrected chi connectivity index (χ1v) is 7.02. The van der Waals surface area contributed by atoms with Gasteiger partial charge in [-0.1, -0.05) is 12.7 Å². The average Bonchev–Trinajstić information content (AvgIpc) is 2.60. The Morgan fingerprint density at radius 2 is 2.00 bits per heavy atom. The van der Waals surface area contributed by atoms with Gasteiger partial charge in [-0.3, -0.25) is 14.9 Å². The fraction of sp³-hybridized carbons (Fsp3) is 0.118. The van der Waals surface area contributed by atoms with Crippen LogP contribution in [0.5, 0.6) is 11.5 Å². The summed E-state index contributed by atoms with van der Waals surface area (Å²) in [7, 11) is 1.38. The minimum absolute atomic E-state index is 0.117. The Bertz CT molecular complexity index is 756. The second-order valence-corrected chi connectivity index (χ2v) is 4.72. The lowest BCUT2D eigenvalue weighted by molar-refractivity contribution is -0.384. The van der Waals surface area contributed by atoms with Gasteiger partial charge in [-0.25, -0.2) is 0 Å². The maximum atomic E-state index is 12.3. The summed E-state index contributed by atoms with van der Waals surface area (Å²) < 4.78 is 10.4. The summed E-state index contributed by atoms with van der Waals surface area (Å²) in [5.74, 6) is 0.472. The third kappa shape index (κ3) is 4.10. The zero-order valence-electron chi connectivity index (χ0n) is 13.0. The van der Waals surface area contributed by atoms with Gasteiger partial charge in [0.1, 0.15) is 18.1 Å². The zero-order chi connectivity index (χ0) is 17.5. The summed E-state index contributed by atoms with van der Waals surface area (Å²) >= 11 is 0. The number of carbonyl (C=O) groups is 1. The molecule has 0 fully saturated rings. The van der Waals surface area contributed by atoms with Crippen LogP contribution in [-0.2, 0) is 0 Å². The number of rotatable bonds is 7. The lowest BCUT2D eigenvalue weighted by atomic mass is 10.2. The van der Waals surface area contributed by atoms with Crippen LogP contribution in [0.3, 0.4) is 0 Å². The smallest absolute Gasteiger partial charge is 0.273 e. The summed E-state index contributed by atoms with van der Waals surface area (Å²) in [6.45, 7) is 3.94. The quantitative estimate of drug-likeness (QED) is 0.478. The molecular weight excluding hydrogens is 312 g/mol. The normalized spacial score (nSPS) is 9.88. The number of nitro benzene ring substituents is 1. The number of ether oxygens (including phenoxy) is 2. The molecule has 0 aliphatic carbocycles. The largest absolute Gasteiger partial charge is 0.494 e. The first-order valence-electron chi connectivity index (χ1n) is 7.02. The van der Waals surface area contributed by atoms with Crippen molar-refractivity contribution in [2.75, 3.05) is 19.0 Å². The molecule has 0 saturated carbocycles. The number of carbonyl (C=O) groups excluding carboxylic acids is 1. The molecule has 0 heterocycles. The second kappa shape index (κ2) is 7.77. The van der Waals surface area contributed by atoms with Gasteiger partial charge in [-0.2, -0.15) is 0 Å². The summed E-state index contributed by atoms with van der Waals surface area (Å²) in [5.41, 5.74) is 0.648. The van der Waals surface area contributed by atoms with Crippen molar-refractivity contribution in [1.29, 1.82) is 0 Å². The highest BCUT2D eigenvalue weighted by Crippen LogP contribution is 2.29. The van der Waals surface area contributed by atoms with Crippen LogP contribution in [-0.4, -0.2) is 24.5 Å². The molecule has 0 radical (unpaired) electrons. The van der Waals surface area contributed by atoms with E-state index in [1.54, 1.807) is 30.3 Å². The molecule has 0 atom stereocenters. The number of hydrogen-bond acceptors (Lipinski definition) is 5. The van der Waals surface area contributed by atoms with Gasteiger partial charge in [0.05, 0.1) is 23.8 Å². The molecule has 7 heteroatoms. The third-order valence-corrected chi connectivity index (χ3v) is 3.13. The first-order chi connectivity index (χ1) is 11.5. The number of anilines is 1. The van der Waals surface area contributed by atoms with Gasteiger partial charge in [0, 0.05) is 11.6 Å². The highest BCUT2D eigenvalue weighted by molar-refractivity contribution is 6.05. The first kappa shape index (κ1) is 17.0. The van der Waals surface area contributed by atoms with Crippen LogP contribution in [0.15, 0.2) is 55.1 Å². The van der Waals surface area contributed by atoms with E-state index in [4.69, 9.17) is 9.47 Å². The molecule has 0 aromatic heterocycles. The van der Waals surface area contributed by atoms with Crippen LogP contribution in [0.4, 0.5) is 11.4 Å². The number of hydrogen-bond donors (Lipinski definition) is 1. The minimum Gasteiger partial charge on any atom is -0.494 e. The van der Waals surface area contributed by atoms with Gasteiger partial charge >= 0.3 is 0 Å². The Hall–Kier alpha value is -3.35. The highest BCUT2D eigenvalue weighted by atomic mass is 16.6. The molecule has 0 aliphatic rings. The Morgan fingerprint density at radius 3 is 2.58 bits per heavy atom. The molecule has 1 N–H and O–H groups in total. The third-order valence-electron chi connectivity index (χ3n) is 3.13. The predicted octanol–water partition coefficient (Wildman–Crippen LogP) is 3.42. The van der Waals surface area contributed by atoms with E-state index in [0.29, 0.717) is 23.6 Å². The van der Waals surface area contributed by atoms with Crippen molar-refractivity contribution in [3.8, 4) is 11.5 Å². The fourth-order valence-electron chi connectivity index (χ4n) is 1.95. The highest BCUT2D eigenvalue weighted by Gasteiger charge is 2.14. The van der Waals surface area contributed by atoms with Crippen molar-refractivity contribution in [3.05, 3.63) is 70.8 Å². The zero-order valence-corrected chi connectivity index (χ0v) is 13.0. The van der Waals surface area contributed by atoms with E-state index in [1.807, 2.05) is 0 Å². The molecule has 0 aliphatic heterocycles. The molecule has 0 spiro atoms. The van der Waals surface area contributed by atoms with E-state index in [9.17, 15) is 14.9 Å². The summed E-state index contributed by atoms with van der Waals surface area (Å²) in [6, 6.07) is 10.6. The molecule has 1 amide bonds. The Kier molecular flexibility index (Phi) is 5.51. The van der Waals surface area contributed by atoms with Crippen molar-refractivity contribution in [3.63, 3.8) is 0 Å². The number of nitro groups is 1. The van der Waals surface area contributed by atoms with Crippen molar-refractivity contribution in [1.82, 2.24) is 0 Å². The molecule has 0 bridgehead atoms. The van der Waals surface area contributed by atoms with Crippen LogP contribution < -0.4 is 14.8 Å². The van der Waals surface area contributed by atoms with E-state index in [0.717, 1.165) is 0 Å². The van der Waals surface area contributed by atoms with Gasteiger partial charge in [0.25, 0.3) is 11.6 Å². The van der Waals surface area contributed by atoms with Crippen molar-refractivity contribution in [2.24, 2.45) is 0 Å². The summed E-state index contributed by atoms with van der Waals surface area (Å²) in [4.78, 5) is 22.5. The predicted molar refractivity (Wildman–Crippen MR) is 89.7 cm³/mol. The molecule has 0 saturated heterocycles. The number of amides is 1. The van der Waals surface area contributed by atoms with Gasteiger partial charge < -0.3 is 14.8 Å². The topological polar surface area (TPSA) is 90.7 Å². The standard InChI is InChI=1S/C17H16N2O5/c1-3-10-24-14-7-4-12(5-8-14)17(20)18-15-9-6-13(19(21)22)11-16(15)23-2/h3-9,11H,1,10H2,2H3,(H,18,20). The van der Waals surface area contributed by atoms with E-state index in [1.165, 1.54) is 25.3 Å². The Morgan fingerprint density at radius 1 is 1.29 bits per heavy atom.